The number of halogens is 1. The van der Waals surface area contributed by atoms with Crippen molar-refractivity contribution in [2.24, 2.45) is 0 Å². The highest BCUT2D eigenvalue weighted by Gasteiger charge is 2.08. The summed E-state index contributed by atoms with van der Waals surface area (Å²) in [6, 6.07) is 0. The van der Waals surface area contributed by atoms with E-state index in [1.54, 1.807) is 6.92 Å². The fourth-order valence-electron chi connectivity index (χ4n) is 1.39. The minimum atomic E-state index is 0. The molecule has 5 heteroatoms. The maximum Gasteiger partial charge on any atom is 0.216 e. The van der Waals surface area contributed by atoms with Crippen LogP contribution in [-0.4, -0.2) is 50.2 Å². The molecule has 4 nitrogen and oxygen atoms in total. The Kier molecular flexibility index (Phi) is 7.84. The highest BCUT2D eigenvalue weighted by Crippen LogP contribution is 1.96. The van der Waals surface area contributed by atoms with E-state index in [2.05, 4.69) is 10.2 Å². The molecule has 1 aliphatic rings. The van der Waals surface area contributed by atoms with E-state index in [0.717, 1.165) is 45.8 Å². The zero-order chi connectivity index (χ0) is 9.52. The Hall–Kier alpha value is -0.320. The second kappa shape index (κ2) is 8.03. The Morgan fingerprint density at radius 1 is 1.43 bits per heavy atom. The third-order valence-corrected chi connectivity index (χ3v) is 2.13. The van der Waals surface area contributed by atoms with Gasteiger partial charge in [-0.3, -0.25) is 9.69 Å². The largest absolute Gasteiger partial charge is 0.379 e. The molecule has 1 amide bonds. The van der Waals surface area contributed by atoms with Crippen LogP contribution in [0.25, 0.3) is 0 Å². The maximum atomic E-state index is 10.6. The zero-order valence-corrected chi connectivity index (χ0v) is 9.44. The van der Waals surface area contributed by atoms with Gasteiger partial charge in [-0.25, -0.2) is 0 Å². The van der Waals surface area contributed by atoms with Crippen LogP contribution >= 0.6 is 12.4 Å². The quantitative estimate of drug-likeness (QED) is 0.695. The Morgan fingerprint density at radius 3 is 2.64 bits per heavy atom. The lowest BCUT2D eigenvalue weighted by Crippen LogP contribution is -2.38. The number of nitrogens with one attached hydrogen (secondary N) is 1. The third-order valence-electron chi connectivity index (χ3n) is 2.13. The number of carbonyl (C=O) groups is 1. The summed E-state index contributed by atoms with van der Waals surface area (Å²) in [6.07, 6.45) is 1.03. The van der Waals surface area contributed by atoms with Crippen molar-refractivity contribution < 1.29 is 9.53 Å². The average molecular weight is 223 g/mol. The van der Waals surface area contributed by atoms with E-state index in [9.17, 15) is 4.79 Å². The van der Waals surface area contributed by atoms with Gasteiger partial charge in [0.1, 0.15) is 0 Å². The summed E-state index contributed by atoms with van der Waals surface area (Å²) < 4.78 is 5.23. The lowest BCUT2D eigenvalue weighted by Gasteiger charge is -2.26. The van der Waals surface area contributed by atoms with Crippen LogP contribution in [-0.2, 0) is 9.53 Å². The minimum Gasteiger partial charge on any atom is -0.379 e. The van der Waals surface area contributed by atoms with Gasteiger partial charge in [0.15, 0.2) is 0 Å². The van der Waals surface area contributed by atoms with E-state index in [1.165, 1.54) is 0 Å². The number of ether oxygens (including phenoxy) is 1. The summed E-state index contributed by atoms with van der Waals surface area (Å²) in [7, 11) is 0. The fraction of sp³-hybridized carbons (Fsp3) is 0.889. The van der Waals surface area contributed by atoms with Crippen LogP contribution in [0, 0.1) is 0 Å². The summed E-state index contributed by atoms with van der Waals surface area (Å²) in [4.78, 5) is 12.9. The number of hydrogen-bond acceptors (Lipinski definition) is 3. The number of carbonyl (C=O) groups excluding carboxylic acids is 1. The van der Waals surface area contributed by atoms with Gasteiger partial charge in [-0.15, -0.1) is 12.4 Å². The molecule has 0 bridgehead atoms. The monoisotopic (exact) mass is 222 g/mol. The predicted octanol–water partition coefficient (Wildman–Crippen LogP) is 0.267. The number of nitrogens with zero attached hydrogens (tertiary/aromatic N) is 1. The van der Waals surface area contributed by atoms with Crippen molar-refractivity contribution in [3.63, 3.8) is 0 Å². The third kappa shape index (κ3) is 6.18. The van der Waals surface area contributed by atoms with Crippen LogP contribution in [0.3, 0.4) is 0 Å². The Labute approximate surface area is 91.4 Å². The van der Waals surface area contributed by atoms with E-state index >= 15 is 0 Å². The van der Waals surface area contributed by atoms with Gasteiger partial charge in [-0.2, -0.15) is 0 Å². The van der Waals surface area contributed by atoms with E-state index < -0.39 is 0 Å². The first-order chi connectivity index (χ1) is 6.29. The van der Waals surface area contributed by atoms with Gasteiger partial charge in [-0.05, 0) is 13.0 Å². The smallest absolute Gasteiger partial charge is 0.216 e. The van der Waals surface area contributed by atoms with Gasteiger partial charge in [-0.1, -0.05) is 0 Å². The van der Waals surface area contributed by atoms with Crippen LogP contribution in [0.2, 0.25) is 0 Å². The molecule has 0 aromatic carbocycles. The molecule has 84 valence electrons. The summed E-state index contributed by atoms with van der Waals surface area (Å²) in [5.74, 6) is 0.0574. The fourth-order valence-corrected chi connectivity index (χ4v) is 1.39. The molecule has 0 radical (unpaired) electrons. The highest BCUT2D eigenvalue weighted by atomic mass is 35.5. The normalized spacial score (nSPS) is 17.2. The lowest BCUT2D eigenvalue weighted by atomic mass is 10.3. The minimum absolute atomic E-state index is 0. The highest BCUT2D eigenvalue weighted by molar-refractivity contribution is 5.85. The molecule has 0 aliphatic carbocycles. The van der Waals surface area contributed by atoms with Gasteiger partial charge in [0.2, 0.25) is 5.91 Å². The second-order valence-corrected chi connectivity index (χ2v) is 3.29. The van der Waals surface area contributed by atoms with Gasteiger partial charge < -0.3 is 10.1 Å². The average Bonchev–Trinajstić information content (AvgIpc) is 2.14. The van der Waals surface area contributed by atoms with Crippen molar-refractivity contribution >= 4 is 18.3 Å². The first kappa shape index (κ1) is 13.7. The molecular weight excluding hydrogens is 204 g/mol. The predicted molar refractivity (Wildman–Crippen MR) is 57.8 cm³/mol. The Balaban J connectivity index is 0.00000169. The SMILES string of the molecule is CC(=O)NCCCN1CCOCC1.Cl. The molecule has 1 fully saturated rings. The standard InChI is InChI=1S/C9H18N2O2.ClH/c1-9(12)10-3-2-4-11-5-7-13-8-6-11;/h2-8H2,1H3,(H,10,12);1H. The van der Waals surface area contributed by atoms with Crippen LogP contribution < -0.4 is 5.32 Å². The molecule has 1 N–H and O–H groups in total. The van der Waals surface area contributed by atoms with Crippen molar-refractivity contribution in [3.8, 4) is 0 Å². The molecule has 14 heavy (non-hydrogen) atoms. The number of amides is 1. The van der Waals surface area contributed by atoms with Crippen molar-refractivity contribution in [1.29, 1.82) is 0 Å². The maximum absolute atomic E-state index is 10.6. The summed E-state index contributed by atoms with van der Waals surface area (Å²) in [6.45, 7) is 7.14. The summed E-state index contributed by atoms with van der Waals surface area (Å²) >= 11 is 0. The summed E-state index contributed by atoms with van der Waals surface area (Å²) in [5, 5.41) is 2.79. The molecule has 1 heterocycles. The van der Waals surface area contributed by atoms with Gasteiger partial charge in [0, 0.05) is 26.6 Å². The first-order valence-electron chi connectivity index (χ1n) is 4.83. The molecule has 0 unspecified atom stereocenters. The summed E-state index contributed by atoms with van der Waals surface area (Å²) in [5.41, 5.74) is 0. The van der Waals surface area contributed by atoms with Crippen LogP contribution in [0.5, 0.6) is 0 Å². The van der Waals surface area contributed by atoms with E-state index in [4.69, 9.17) is 4.74 Å². The van der Waals surface area contributed by atoms with Crippen molar-refractivity contribution in [3.05, 3.63) is 0 Å². The number of rotatable bonds is 4. The molecular formula is C9H19ClN2O2. The topological polar surface area (TPSA) is 41.6 Å². The van der Waals surface area contributed by atoms with Gasteiger partial charge >= 0.3 is 0 Å². The van der Waals surface area contributed by atoms with Gasteiger partial charge in [0.05, 0.1) is 13.2 Å². The van der Waals surface area contributed by atoms with Crippen molar-refractivity contribution in [1.82, 2.24) is 10.2 Å². The Morgan fingerprint density at radius 2 is 2.07 bits per heavy atom. The molecule has 0 saturated carbocycles. The first-order valence-corrected chi connectivity index (χ1v) is 4.83. The zero-order valence-electron chi connectivity index (χ0n) is 8.62. The lowest BCUT2D eigenvalue weighted by molar-refractivity contribution is -0.118. The molecule has 1 aliphatic heterocycles. The molecule has 1 saturated heterocycles. The second-order valence-electron chi connectivity index (χ2n) is 3.29. The number of morpholine rings is 1. The van der Waals surface area contributed by atoms with Crippen molar-refractivity contribution in [2.75, 3.05) is 39.4 Å². The van der Waals surface area contributed by atoms with E-state index in [0.29, 0.717) is 0 Å². The van der Waals surface area contributed by atoms with Crippen LogP contribution in [0.15, 0.2) is 0 Å². The van der Waals surface area contributed by atoms with Crippen LogP contribution in [0.4, 0.5) is 0 Å². The van der Waals surface area contributed by atoms with Crippen LogP contribution in [0.1, 0.15) is 13.3 Å². The van der Waals surface area contributed by atoms with Crippen molar-refractivity contribution in [2.45, 2.75) is 13.3 Å². The molecule has 1 rings (SSSR count). The number of hydrogen-bond donors (Lipinski definition) is 1. The van der Waals surface area contributed by atoms with Gasteiger partial charge in [0.25, 0.3) is 0 Å². The Bertz CT molecular complexity index is 161. The molecule has 0 aromatic heterocycles. The molecule has 0 aromatic rings. The van der Waals surface area contributed by atoms with E-state index in [-0.39, 0.29) is 18.3 Å². The molecule has 0 atom stereocenters. The van der Waals surface area contributed by atoms with E-state index in [1.807, 2.05) is 0 Å². The molecule has 0 spiro atoms.